The summed E-state index contributed by atoms with van der Waals surface area (Å²) in [6, 6.07) is 2.32. The molecular formula is C15H13ClF4NNaO6S3. The van der Waals surface area contributed by atoms with Gasteiger partial charge >= 0.3 is 35.7 Å². The Morgan fingerprint density at radius 1 is 1.19 bits per heavy atom. The van der Waals surface area contributed by atoms with Crippen molar-refractivity contribution in [1.29, 1.82) is 0 Å². The standard InChI is InChI=1S/C15H14ClF4NO6S3.Na/c1-8-4-9(6-10(17)5-8)14(15(18,19)20)11(7-27-30(24,25)26)21-29(22,23)13-3-2-12(16)28-13;/h2-6,11,14,21H,7H2,1H3,(H,24,25,26);/q;+1/p-1/t11-,14-;/m1./s1. The van der Waals surface area contributed by atoms with Gasteiger partial charge in [-0.2, -0.15) is 13.2 Å². The van der Waals surface area contributed by atoms with Crippen LogP contribution in [0, 0.1) is 12.7 Å². The average molecular weight is 534 g/mol. The zero-order valence-electron chi connectivity index (χ0n) is 15.8. The Hall–Kier alpha value is -0.290. The predicted molar refractivity (Wildman–Crippen MR) is 99.0 cm³/mol. The van der Waals surface area contributed by atoms with Gasteiger partial charge < -0.3 is 4.55 Å². The molecule has 0 amide bonds. The van der Waals surface area contributed by atoms with E-state index in [0.29, 0.717) is 17.4 Å². The molecule has 0 unspecified atom stereocenters. The quantitative estimate of drug-likeness (QED) is 0.226. The van der Waals surface area contributed by atoms with E-state index in [0.717, 1.165) is 18.2 Å². The van der Waals surface area contributed by atoms with E-state index >= 15 is 0 Å². The van der Waals surface area contributed by atoms with Gasteiger partial charge in [-0.15, -0.1) is 11.3 Å². The van der Waals surface area contributed by atoms with Gasteiger partial charge in [0.2, 0.25) is 20.4 Å². The van der Waals surface area contributed by atoms with Gasteiger partial charge in [0.25, 0.3) is 0 Å². The second-order valence-corrected chi connectivity index (χ2v) is 10.8. The van der Waals surface area contributed by atoms with Gasteiger partial charge in [0, 0.05) is 0 Å². The summed E-state index contributed by atoms with van der Waals surface area (Å²) in [5.41, 5.74) is -0.591. The first-order valence-corrected chi connectivity index (χ1v) is 11.8. The van der Waals surface area contributed by atoms with Crippen LogP contribution in [0.3, 0.4) is 0 Å². The summed E-state index contributed by atoms with van der Waals surface area (Å²) in [7, 11) is -10.1. The molecule has 1 heterocycles. The molecule has 2 rings (SSSR count). The number of thiophene rings is 1. The van der Waals surface area contributed by atoms with E-state index in [-0.39, 0.29) is 39.5 Å². The molecule has 2 atom stereocenters. The van der Waals surface area contributed by atoms with E-state index < -0.39 is 60.8 Å². The predicted octanol–water partition coefficient (Wildman–Crippen LogP) is 0.323. The van der Waals surface area contributed by atoms with Crippen LogP contribution in [-0.2, 0) is 24.6 Å². The zero-order valence-corrected chi connectivity index (χ0v) is 21.0. The molecule has 31 heavy (non-hydrogen) atoms. The monoisotopic (exact) mass is 533 g/mol. The first kappa shape index (κ1) is 28.7. The van der Waals surface area contributed by atoms with Gasteiger partial charge in [-0.25, -0.2) is 25.9 Å². The van der Waals surface area contributed by atoms with Gasteiger partial charge in [0.05, 0.1) is 22.9 Å². The molecule has 0 spiro atoms. The minimum atomic E-state index is -5.46. The van der Waals surface area contributed by atoms with Crippen LogP contribution in [0.2, 0.25) is 4.34 Å². The summed E-state index contributed by atoms with van der Waals surface area (Å²) >= 11 is 6.18. The Bertz CT molecular complexity index is 1100. The fourth-order valence-electron chi connectivity index (χ4n) is 2.65. The van der Waals surface area contributed by atoms with Crippen molar-refractivity contribution in [2.24, 2.45) is 0 Å². The van der Waals surface area contributed by atoms with Crippen molar-refractivity contribution < 1.29 is 72.7 Å². The largest absolute Gasteiger partial charge is 1.00 e. The molecule has 2 aromatic rings. The van der Waals surface area contributed by atoms with Crippen LogP contribution in [0.25, 0.3) is 0 Å². The summed E-state index contributed by atoms with van der Waals surface area (Å²) < 4.78 is 118. The third kappa shape index (κ3) is 8.53. The van der Waals surface area contributed by atoms with E-state index in [1.165, 1.54) is 13.0 Å². The van der Waals surface area contributed by atoms with Crippen molar-refractivity contribution >= 4 is 43.4 Å². The summed E-state index contributed by atoms with van der Waals surface area (Å²) in [5, 5.41) is 0. The number of hydrogen-bond acceptors (Lipinski definition) is 7. The molecule has 168 valence electrons. The van der Waals surface area contributed by atoms with Crippen molar-refractivity contribution in [3.8, 4) is 0 Å². The molecule has 0 aliphatic rings. The SMILES string of the molecule is Cc1cc(F)cc([C@H]([C@@H](COS(=O)(=O)[O-])NS(=O)(=O)c2ccc(Cl)s2)C(F)(F)F)c1.[Na+]. The van der Waals surface area contributed by atoms with Gasteiger partial charge in [0.1, 0.15) is 10.0 Å². The van der Waals surface area contributed by atoms with Crippen molar-refractivity contribution in [3.63, 3.8) is 0 Å². The van der Waals surface area contributed by atoms with Gasteiger partial charge in [-0.05, 0) is 42.3 Å². The van der Waals surface area contributed by atoms with Crippen LogP contribution < -0.4 is 34.3 Å². The number of aryl methyl sites for hydroxylation is 1. The number of benzene rings is 1. The molecule has 1 N–H and O–H groups in total. The second-order valence-electron chi connectivity index (χ2n) is 6.06. The van der Waals surface area contributed by atoms with Crippen LogP contribution in [0.5, 0.6) is 0 Å². The van der Waals surface area contributed by atoms with Gasteiger partial charge in [-0.1, -0.05) is 17.7 Å². The Morgan fingerprint density at radius 2 is 1.81 bits per heavy atom. The van der Waals surface area contributed by atoms with Crippen molar-refractivity contribution in [2.75, 3.05) is 6.61 Å². The van der Waals surface area contributed by atoms with Crippen LogP contribution in [0.1, 0.15) is 17.0 Å². The summed E-state index contributed by atoms with van der Waals surface area (Å²) in [4.78, 5) is 0. The van der Waals surface area contributed by atoms with Crippen LogP contribution in [-0.4, -0.2) is 40.2 Å². The molecule has 0 aliphatic heterocycles. The first-order valence-electron chi connectivity index (χ1n) is 7.80. The summed E-state index contributed by atoms with van der Waals surface area (Å²) in [6.45, 7) is -0.171. The maximum absolute atomic E-state index is 13.9. The molecule has 0 saturated heterocycles. The topological polar surface area (TPSA) is 113 Å². The molecular weight excluding hydrogens is 521 g/mol. The Balaban J connectivity index is 0.00000480. The molecule has 16 heteroatoms. The minimum Gasteiger partial charge on any atom is -0.726 e. The molecule has 0 saturated carbocycles. The number of hydrogen-bond donors (Lipinski definition) is 1. The number of halogens is 5. The first-order chi connectivity index (χ1) is 13.6. The van der Waals surface area contributed by atoms with Gasteiger partial charge in [-0.3, -0.25) is 4.18 Å². The maximum Gasteiger partial charge on any atom is 1.00 e. The van der Waals surface area contributed by atoms with Crippen molar-refractivity contribution in [3.05, 3.63) is 51.6 Å². The van der Waals surface area contributed by atoms with E-state index in [9.17, 15) is 39.0 Å². The molecule has 0 bridgehead atoms. The minimum absolute atomic E-state index is 0. The van der Waals surface area contributed by atoms with Crippen LogP contribution in [0.15, 0.2) is 34.5 Å². The Labute approximate surface area is 207 Å². The van der Waals surface area contributed by atoms with Crippen molar-refractivity contribution in [1.82, 2.24) is 4.72 Å². The smallest absolute Gasteiger partial charge is 0.726 e. The molecule has 0 radical (unpaired) electrons. The van der Waals surface area contributed by atoms with E-state index in [1.807, 2.05) is 0 Å². The second kappa shape index (κ2) is 10.8. The number of rotatable bonds is 8. The normalized spacial score (nSPS) is 14.7. The Kier molecular flexibility index (Phi) is 9.98. The molecule has 7 nitrogen and oxygen atoms in total. The summed E-state index contributed by atoms with van der Waals surface area (Å²) in [5.74, 6) is -3.76. The van der Waals surface area contributed by atoms with Gasteiger partial charge in [0.15, 0.2) is 0 Å². The van der Waals surface area contributed by atoms with E-state index in [1.54, 1.807) is 4.72 Å². The zero-order chi connectivity index (χ0) is 22.9. The van der Waals surface area contributed by atoms with E-state index in [2.05, 4.69) is 4.18 Å². The number of sulfonamides is 1. The number of alkyl halides is 3. The number of nitrogens with one attached hydrogen (secondary N) is 1. The summed E-state index contributed by atoms with van der Waals surface area (Å²) in [6.07, 6.45) is -5.17. The van der Waals surface area contributed by atoms with Crippen LogP contribution >= 0.6 is 22.9 Å². The maximum atomic E-state index is 13.9. The van der Waals surface area contributed by atoms with Crippen molar-refractivity contribution in [2.45, 2.75) is 29.3 Å². The Morgan fingerprint density at radius 3 is 2.26 bits per heavy atom. The molecule has 0 fully saturated rings. The molecule has 1 aromatic carbocycles. The fourth-order valence-corrected chi connectivity index (χ4v) is 5.69. The third-order valence-corrected chi connectivity index (χ3v) is 7.33. The van der Waals surface area contributed by atoms with E-state index in [4.69, 9.17) is 11.6 Å². The third-order valence-electron chi connectivity index (χ3n) is 3.69. The molecule has 0 aliphatic carbocycles. The van der Waals surface area contributed by atoms with Crippen LogP contribution in [0.4, 0.5) is 17.6 Å². The molecule has 1 aromatic heterocycles. The average Bonchev–Trinajstić information content (AvgIpc) is 2.97. The fraction of sp³-hybridized carbons (Fsp3) is 0.333.